The van der Waals surface area contributed by atoms with Crippen LogP contribution >= 0.6 is 0 Å². The lowest BCUT2D eigenvalue weighted by Gasteiger charge is -2.36. The molecule has 1 fully saturated rings. The van der Waals surface area contributed by atoms with Gasteiger partial charge in [-0.25, -0.2) is 8.78 Å². The Morgan fingerprint density at radius 2 is 1.70 bits per heavy atom. The molecular weight excluding hydrogens is 258 g/mol. The van der Waals surface area contributed by atoms with Gasteiger partial charge in [0.25, 0.3) is 0 Å². The summed E-state index contributed by atoms with van der Waals surface area (Å²) < 4.78 is 27.5. The molecule has 2 nitrogen and oxygen atoms in total. The lowest BCUT2D eigenvalue weighted by Crippen LogP contribution is -2.37. The second kappa shape index (κ2) is 6.19. The number of hydrogen-bond donors (Lipinski definition) is 2. The molecule has 0 heterocycles. The zero-order chi connectivity index (χ0) is 14.9. The zero-order valence-corrected chi connectivity index (χ0v) is 12.4. The predicted octanol–water partition coefficient (Wildman–Crippen LogP) is 3.85. The maximum atomic E-state index is 14.1. The van der Waals surface area contributed by atoms with Gasteiger partial charge in [0.15, 0.2) is 0 Å². The highest BCUT2D eigenvalue weighted by Gasteiger charge is 2.32. The number of nitrogens with one attached hydrogen (secondary N) is 1. The van der Waals surface area contributed by atoms with Gasteiger partial charge in [0, 0.05) is 11.6 Å². The Bertz CT molecular complexity index is 466. The average molecular weight is 282 g/mol. The van der Waals surface area contributed by atoms with E-state index >= 15 is 0 Å². The van der Waals surface area contributed by atoms with Crippen LogP contribution in [0, 0.1) is 36.3 Å². The van der Waals surface area contributed by atoms with Crippen molar-refractivity contribution in [3.8, 4) is 0 Å². The van der Waals surface area contributed by atoms with Crippen molar-refractivity contribution in [1.29, 1.82) is 0 Å². The smallest absolute Gasteiger partial charge is 0.130 e. The van der Waals surface area contributed by atoms with Crippen molar-refractivity contribution in [2.75, 3.05) is 0 Å². The van der Waals surface area contributed by atoms with Gasteiger partial charge in [0.1, 0.15) is 11.6 Å². The van der Waals surface area contributed by atoms with Crippen molar-refractivity contribution in [3.05, 3.63) is 34.9 Å². The monoisotopic (exact) mass is 282 g/mol. The maximum absolute atomic E-state index is 14.1. The van der Waals surface area contributed by atoms with Crippen molar-refractivity contribution in [3.63, 3.8) is 0 Å². The molecule has 0 amide bonds. The first kappa shape index (κ1) is 15.4. The standard InChI is InChI=1S/C16H24F2N2/c1-9-4-10(2)6-12(5-9)16(20-19)13-7-11(3)14(17)8-15(13)18/h7-10,12,16,20H,4-6,19H2,1-3H3. The Hall–Kier alpha value is -1.00. The number of rotatable bonds is 3. The average Bonchev–Trinajstić information content (AvgIpc) is 2.35. The van der Waals surface area contributed by atoms with Gasteiger partial charge in [-0.15, -0.1) is 0 Å². The van der Waals surface area contributed by atoms with E-state index in [0.29, 0.717) is 23.0 Å². The third-order valence-electron chi connectivity index (χ3n) is 4.48. The van der Waals surface area contributed by atoms with E-state index in [0.717, 1.165) is 18.9 Å². The summed E-state index contributed by atoms with van der Waals surface area (Å²) in [6.45, 7) is 6.10. The van der Waals surface area contributed by atoms with E-state index in [1.165, 1.54) is 6.42 Å². The van der Waals surface area contributed by atoms with Crippen LogP contribution in [0.2, 0.25) is 0 Å². The fourth-order valence-electron chi connectivity index (χ4n) is 3.68. The van der Waals surface area contributed by atoms with E-state index in [9.17, 15) is 8.78 Å². The van der Waals surface area contributed by atoms with Crippen LogP contribution in [0.4, 0.5) is 8.78 Å². The summed E-state index contributed by atoms with van der Waals surface area (Å²) in [7, 11) is 0. The summed E-state index contributed by atoms with van der Waals surface area (Å²) in [4.78, 5) is 0. The van der Waals surface area contributed by atoms with E-state index in [2.05, 4.69) is 19.3 Å². The third kappa shape index (κ3) is 3.18. The molecule has 20 heavy (non-hydrogen) atoms. The summed E-state index contributed by atoms with van der Waals surface area (Å²) in [5.41, 5.74) is 3.70. The zero-order valence-electron chi connectivity index (χ0n) is 12.4. The molecule has 0 aliphatic heterocycles. The highest BCUT2D eigenvalue weighted by molar-refractivity contribution is 5.28. The minimum absolute atomic E-state index is 0.250. The Morgan fingerprint density at radius 1 is 1.10 bits per heavy atom. The molecule has 1 aromatic rings. The lowest BCUT2D eigenvalue weighted by atomic mass is 9.72. The lowest BCUT2D eigenvalue weighted by molar-refractivity contribution is 0.175. The Labute approximate surface area is 119 Å². The Balaban J connectivity index is 2.30. The van der Waals surface area contributed by atoms with Crippen LogP contribution < -0.4 is 11.3 Å². The first-order valence-electron chi connectivity index (χ1n) is 7.34. The van der Waals surface area contributed by atoms with Crippen LogP contribution in [0.15, 0.2) is 12.1 Å². The molecule has 0 saturated heterocycles. The van der Waals surface area contributed by atoms with Crippen LogP contribution in [-0.2, 0) is 0 Å². The largest absolute Gasteiger partial charge is 0.271 e. The van der Waals surface area contributed by atoms with E-state index < -0.39 is 11.6 Å². The maximum Gasteiger partial charge on any atom is 0.130 e. The number of hydrazine groups is 1. The van der Waals surface area contributed by atoms with Gasteiger partial charge < -0.3 is 0 Å². The molecule has 3 N–H and O–H groups in total. The molecule has 1 aliphatic carbocycles. The summed E-state index contributed by atoms with van der Waals surface area (Å²) >= 11 is 0. The van der Waals surface area contributed by atoms with Crippen LogP contribution in [0.5, 0.6) is 0 Å². The van der Waals surface area contributed by atoms with Crippen LogP contribution in [0.3, 0.4) is 0 Å². The molecule has 1 aromatic carbocycles. The van der Waals surface area contributed by atoms with Crippen molar-refractivity contribution < 1.29 is 8.78 Å². The Kier molecular flexibility index (Phi) is 4.76. The molecular formula is C16H24F2N2. The van der Waals surface area contributed by atoms with Gasteiger partial charge in [0.05, 0.1) is 6.04 Å². The second-order valence-electron chi connectivity index (χ2n) is 6.44. The predicted molar refractivity (Wildman–Crippen MR) is 76.8 cm³/mol. The van der Waals surface area contributed by atoms with E-state index in [1.54, 1.807) is 13.0 Å². The molecule has 3 unspecified atom stereocenters. The molecule has 2 rings (SSSR count). The van der Waals surface area contributed by atoms with Gasteiger partial charge in [-0.3, -0.25) is 11.3 Å². The minimum atomic E-state index is -0.512. The van der Waals surface area contributed by atoms with Crippen LogP contribution in [0.25, 0.3) is 0 Å². The summed E-state index contributed by atoms with van der Waals surface area (Å²) in [6, 6.07) is 2.29. The van der Waals surface area contributed by atoms with Gasteiger partial charge in [-0.1, -0.05) is 13.8 Å². The number of hydrogen-bond acceptors (Lipinski definition) is 2. The molecule has 3 atom stereocenters. The van der Waals surface area contributed by atoms with Gasteiger partial charge in [-0.05, 0) is 55.6 Å². The first-order valence-corrected chi connectivity index (χ1v) is 7.34. The molecule has 1 aliphatic rings. The first-order chi connectivity index (χ1) is 9.42. The van der Waals surface area contributed by atoms with Crippen molar-refractivity contribution >= 4 is 0 Å². The second-order valence-corrected chi connectivity index (χ2v) is 6.44. The summed E-state index contributed by atoms with van der Waals surface area (Å²) in [6.07, 6.45) is 3.25. The molecule has 0 spiro atoms. The van der Waals surface area contributed by atoms with Crippen LogP contribution in [0.1, 0.15) is 50.3 Å². The number of halogens is 2. The summed E-state index contributed by atoms with van der Waals surface area (Å²) in [5, 5.41) is 0. The normalized spacial score (nSPS) is 28.4. The molecule has 0 bridgehead atoms. The molecule has 4 heteroatoms. The van der Waals surface area contributed by atoms with Crippen molar-refractivity contribution in [2.45, 2.75) is 46.1 Å². The number of benzene rings is 1. The van der Waals surface area contributed by atoms with E-state index in [-0.39, 0.29) is 12.0 Å². The summed E-state index contributed by atoms with van der Waals surface area (Å²) in [5.74, 6) is 6.17. The van der Waals surface area contributed by atoms with E-state index in [1.807, 2.05) is 0 Å². The van der Waals surface area contributed by atoms with Crippen molar-refractivity contribution in [2.24, 2.45) is 23.6 Å². The van der Waals surface area contributed by atoms with Crippen LogP contribution in [-0.4, -0.2) is 0 Å². The molecule has 112 valence electrons. The van der Waals surface area contributed by atoms with Gasteiger partial charge in [-0.2, -0.15) is 0 Å². The van der Waals surface area contributed by atoms with Gasteiger partial charge in [0.2, 0.25) is 0 Å². The highest BCUT2D eigenvalue weighted by Crippen LogP contribution is 2.40. The fraction of sp³-hybridized carbons (Fsp3) is 0.625. The quantitative estimate of drug-likeness (QED) is 0.653. The van der Waals surface area contributed by atoms with Gasteiger partial charge >= 0.3 is 0 Å². The number of aryl methyl sites for hydroxylation is 1. The molecule has 0 aromatic heterocycles. The minimum Gasteiger partial charge on any atom is -0.271 e. The topological polar surface area (TPSA) is 38.0 Å². The highest BCUT2D eigenvalue weighted by atomic mass is 19.1. The fourth-order valence-corrected chi connectivity index (χ4v) is 3.68. The van der Waals surface area contributed by atoms with E-state index in [4.69, 9.17) is 5.84 Å². The Morgan fingerprint density at radius 3 is 2.25 bits per heavy atom. The third-order valence-corrected chi connectivity index (χ3v) is 4.48. The molecule has 0 radical (unpaired) electrons. The van der Waals surface area contributed by atoms with Crippen molar-refractivity contribution in [1.82, 2.24) is 5.43 Å². The molecule has 1 saturated carbocycles. The SMILES string of the molecule is Cc1cc(C(NN)C2CC(C)CC(C)C2)c(F)cc1F. The number of nitrogens with two attached hydrogens (primary N) is 1.